The topological polar surface area (TPSA) is 38.5 Å². The number of hydrogen-bond donors (Lipinski definition) is 1. The van der Waals surface area contributed by atoms with Crippen LogP contribution in [0.4, 0.5) is 0 Å². The normalized spacial score (nSPS) is 31.0. The second kappa shape index (κ2) is 5.90. The van der Waals surface area contributed by atoms with Crippen molar-refractivity contribution in [2.24, 2.45) is 11.7 Å². The highest BCUT2D eigenvalue weighted by molar-refractivity contribution is 7.12. The maximum Gasteiger partial charge on any atom is 0.0966 e. The highest BCUT2D eigenvalue weighted by Gasteiger charge is 2.42. The van der Waals surface area contributed by atoms with Crippen molar-refractivity contribution in [1.82, 2.24) is 4.90 Å². The van der Waals surface area contributed by atoms with Crippen LogP contribution >= 0.6 is 11.3 Å². The Morgan fingerprint density at radius 3 is 2.82 bits per heavy atom. The molecule has 4 heteroatoms. The fraction of sp³-hybridized carbons (Fsp3) is 0.778. The Hall–Kier alpha value is -0.420. The molecule has 0 radical (unpaired) electrons. The molecular weight excluding hydrogens is 292 g/mol. The van der Waals surface area contributed by atoms with Crippen LogP contribution in [0.25, 0.3) is 0 Å². The standard InChI is InChI=1S/C18H28N2OS/c1-2-15-11-16-17(22-15)3-8-21-18(16)4-6-20(7-5-18)12-13-9-14(19)10-13/h11,13-14H,2-10,12,19H2,1H3. The van der Waals surface area contributed by atoms with E-state index in [9.17, 15) is 0 Å². The quantitative estimate of drug-likeness (QED) is 0.930. The minimum absolute atomic E-state index is 0.0318. The molecule has 2 N–H and O–H groups in total. The van der Waals surface area contributed by atoms with Crippen LogP contribution in [-0.4, -0.2) is 37.2 Å². The summed E-state index contributed by atoms with van der Waals surface area (Å²) < 4.78 is 6.36. The van der Waals surface area contributed by atoms with Gasteiger partial charge >= 0.3 is 0 Å². The van der Waals surface area contributed by atoms with E-state index in [-0.39, 0.29) is 5.60 Å². The Bertz CT molecular complexity index is 527. The minimum Gasteiger partial charge on any atom is -0.370 e. The maximum atomic E-state index is 6.36. The molecule has 1 saturated heterocycles. The number of hydrogen-bond acceptors (Lipinski definition) is 4. The molecule has 0 unspecified atom stereocenters. The Kier molecular flexibility index (Phi) is 4.05. The van der Waals surface area contributed by atoms with Gasteiger partial charge in [-0.3, -0.25) is 0 Å². The summed E-state index contributed by atoms with van der Waals surface area (Å²) >= 11 is 2.02. The third kappa shape index (κ3) is 2.64. The molecule has 3 aliphatic rings. The summed E-state index contributed by atoms with van der Waals surface area (Å²) in [4.78, 5) is 5.77. The van der Waals surface area contributed by atoms with Gasteiger partial charge in [-0.1, -0.05) is 6.92 Å². The molecule has 0 bridgehead atoms. The van der Waals surface area contributed by atoms with E-state index >= 15 is 0 Å². The molecule has 122 valence electrons. The zero-order valence-corrected chi connectivity index (χ0v) is 14.5. The van der Waals surface area contributed by atoms with E-state index in [1.54, 1.807) is 4.88 Å². The van der Waals surface area contributed by atoms with Gasteiger partial charge in [0.15, 0.2) is 0 Å². The molecule has 1 aromatic heterocycles. The Labute approximate surface area is 137 Å². The van der Waals surface area contributed by atoms with Crippen LogP contribution in [0.2, 0.25) is 0 Å². The lowest BCUT2D eigenvalue weighted by Gasteiger charge is -2.46. The van der Waals surface area contributed by atoms with Gasteiger partial charge in [0, 0.05) is 41.9 Å². The van der Waals surface area contributed by atoms with Crippen LogP contribution in [0, 0.1) is 5.92 Å². The summed E-state index contributed by atoms with van der Waals surface area (Å²) in [5, 5.41) is 0. The Morgan fingerprint density at radius 1 is 1.36 bits per heavy atom. The number of likely N-dealkylation sites (tertiary alicyclic amines) is 1. The number of nitrogens with two attached hydrogens (primary N) is 1. The molecule has 4 rings (SSSR count). The van der Waals surface area contributed by atoms with E-state index in [0.29, 0.717) is 6.04 Å². The van der Waals surface area contributed by atoms with E-state index in [2.05, 4.69) is 17.9 Å². The monoisotopic (exact) mass is 320 g/mol. The molecule has 3 nitrogen and oxygen atoms in total. The van der Waals surface area contributed by atoms with Crippen LogP contribution in [0.15, 0.2) is 6.07 Å². The SMILES string of the molecule is CCc1cc2c(s1)CCOC21CCN(CC2CC(N)C2)CC1. The van der Waals surface area contributed by atoms with Gasteiger partial charge in [0.25, 0.3) is 0 Å². The number of fused-ring (bicyclic) bond motifs is 2. The summed E-state index contributed by atoms with van der Waals surface area (Å²) in [7, 11) is 0. The number of thiophene rings is 1. The summed E-state index contributed by atoms with van der Waals surface area (Å²) in [5.41, 5.74) is 7.48. The molecule has 1 saturated carbocycles. The zero-order chi connectivity index (χ0) is 15.2. The highest BCUT2D eigenvalue weighted by Crippen LogP contribution is 2.45. The molecule has 0 amide bonds. The van der Waals surface area contributed by atoms with Gasteiger partial charge in [0.05, 0.1) is 12.2 Å². The third-order valence-corrected chi connectivity index (χ3v) is 7.20. The predicted octanol–water partition coefficient (Wildman–Crippen LogP) is 2.91. The average Bonchev–Trinajstić information content (AvgIpc) is 2.93. The fourth-order valence-corrected chi connectivity index (χ4v) is 5.64. The molecule has 0 atom stereocenters. The molecule has 3 heterocycles. The van der Waals surface area contributed by atoms with Gasteiger partial charge in [-0.15, -0.1) is 11.3 Å². The van der Waals surface area contributed by atoms with Gasteiger partial charge in [-0.2, -0.15) is 0 Å². The second-order valence-corrected chi connectivity index (χ2v) is 8.62. The van der Waals surface area contributed by atoms with Gasteiger partial charge < -0.3 is 15.4 Å². The largest absolute Gasteiger partial charge is 0.370 e. The number of ether oxygens (including phenoxy) is 1. The average molecular weight is 321 g/mol. The lowest BCUT2D eigenvalue weighted by atomic mass is 9.79. The Balaban J connectivity index is 1.43. The summed E-state index contributed by atoms with van der Waals surface area (Å²) in [6.07, 6.45) is 7.06. The van der Waals surface area contributed by atoms with Crippen molar-refractivity contribution in [2.45, 2.75) is 57.1 Å². The van der Waals surface area contributed by atoms with Crippen molar-refractivity contribution in [3.63, 3.8) is 0 Å². The molecular formula is C18H28N2OS. The van der Waals surface area contributed by atoms with Gasteiger partial charge in [0.2, 0.25) is 0 Å². The van der Waals surface area contributed by atoms with E-state index in [0.717, 1.165) is 25.4 Å². The summed E-state index contributed by atoms with van der Waals surface area (Å²) in [5.74, 6) is 0.847. The van der Waals surface area contributed by atoms with Crippen LogP contribution in [0.1, 0.15) is 47.9 Å². The molecule has 22 heavy (non-hydrogen) atoms. The smallest absolute Gasteiger partial charge is 0.0966 e. The van der Waals surface area contributed by atoms with E-state index in [4.69, 9.17) is 10.5 Å². The molecule has 2 aliphatic heterocycles. The van der Waals surface area contributed by atoms with Crippen LogP contribution in [0.3, 0.4) is 0 Å². The molecule has 1 aromatic rings. The van der Waals surface area contributed by atoms with Crippen molar-refractivity contribution < 1.29 is 4.74 Å². The molecule has 1 aliphatic carbocycles. The van der Waals surface area contributed by atoms with E-state index in [1.165, 1.54) is 55.8 Å². The van der Waals surface area contributed by atoms with Crippen LogP contribution in [-0.2, 0) is 23.2 Å². The van der Waals surface area contributed by atoms with Gasteiger partial charge in [-0.05, 0) is 49.7 Å². The number of piperidine rings is 1. The van der Waals surface area contributed by atoms with Gasteiger partial charge in [-0.25, -0.2) is 0 Å². The minimum atomic E-state index is 0.0318. The lowest BCUT2D eigenvalue weighted by Crippen LogP contribution is -2.49. The number of rotatable bonds is 3. The molecule has 0 aromatic carbocycles. The number of aryl methyl sites for hydroxylation is 1. The zero-order valence-electron chi connectivity index (χ0n) is 13.6. The predicted molar refractivity (Wildman–Crippen MR) is 91.4 cm³/mol. The summed E-state index contributed by atoms with van der Waals surface area (Å²) in [6, 6.07) is 2.92. The summed E-state index contributed by atoms with van der Waals surface area (Å²) in [6.45, 7) is 6.79. The lowest BCUT2D eigenvalue weighted by molar-refractivity contribution is -0.0994. The molecule has 2 fully saturated rings. The van der Waals surface area contributed by atoms with Crippen molar-refractivity contribution in [3.8, 4) is 0 Å². The number of nitrogens with zero attached hydrogens (tertiary/aromatic N) is 1. The van der Waals surface area contributed by atoms with Gasteiger partial charge in [0.1, 0.15) is 0 Å². The van der Waals surface area contributed by atoms with Crippen molar-refractivity contribution >= 4 is 11.3 Å². The first-order valence-corrected chi connectivity index (χ1v) is 9.74. The fourth-order valence-electron chi connectivity index (χ4n) is 4.46. The van der Waals surface area contributed by atoms with Crippen molar-refractivity contribution in [3.05, 3.63) is 21.4 Å². The van der Waals surface area contributed by atoms with E-state index in [1.807, 2.05) is 11.3 Å². The Morgan fingerprint density at radius 2 is 2.14 bits per heavy atom. The first-order chi connectivity index (χ1) is 10.7. The molecule has 1 spiro atoms. The first-order valence-electron chi connectivity index (χ1n) is 8.92. The third-order valence-electron chi connectivity index (χ3n) is 5.86. The van der Waals surface area contributed by atoms with E-state index < -0.39 is 0 Å². The van der Waals surface area contributed by atoms with Crippen LogP contribution < -0.4 is 5.73 Å². The highest BCUT2D eigenvalue weighted by atomic mass is 32.1. The van der Waals surface area contributed by atoms with Crippen molar-refractivity contribution in [1.29, 1.82) is 0 Å². The second-order valence-electron chi connectivity index (χ2n) is 7.39. The first kappa shape index (κ1) is 15.1. The maximum absolute atomic E-state index is 6.36. The van der Waals surface area contributed by atoms with Crippen molar-refractivity contribution in [2.75, 3.05) is 26.2 Å². The van der Waals surface area contributed by atoms with Crippen LogP contribution in [0.5, 0.6) is 0 Å².